The van der Waals surface area contributed by atoms with Gasteiger partial charge in [0.25, 0.3) is 5.91 Å². The van der Waals surface area contributed by atoms with E-state index < -0.39 is 17.5 Å². The van der Waals surface area contributed by atoms with Crippen molar-refractivity contribution in [2.24, 2.45) is 0 Å². The van der Waals surface area contributed by atoms with E-state index in [1.165, 1.54) is 39.5 Å². The van der Waals surface area contributed by atoms with E-state index in [1.807, 2.05) is 0 Å². The van der Waals surface area contributed by atoms with Crippen LogP contribution in [0.5, 0.6) is 0 Å². The Morgan fingerprint density at radius 3 is 1.88 bits per heavy atom. The van der Waals surface area contributed by atoms with Gasteiger partial charge in [-0.15, -0.1) is 12.4 Å². The number of carbonyl (C=O) groups is 3. The third-order valence-electron chi connectivity index (χ3n) is 4.25. The maximum atomic E-state index is 12.7. The van der Waals surface area contributed by atoms with Gasteiger partial charge in [0.2, 0.25) is 0 Å². The number of amides is 1. The molecule has 1 aromatic rings. The number of piperidine rings is 1. The van der Waals surface area contributed by atoms with Crippen LogP contribution < -0.4 is 10.6 Å². The van der Waals surface area contributed by atoms with E-state index in [0.717, 1.165) is 0 Å². The molecular weight excluding hydrogens is 364 g/mol. The Hall–Kier alpha value is -2.16. The van der Waals surface area contributed by atoms with Gasteiger partial charge in [0, 0.05) is 12.8 Å². The van der Waals surface area contributed by atoms with Gasteiger partial charge < -0.3 is 24.8 Å². The molecule has 0 bridgehead atoms. The summed E-state index contributed by atoms with van der Waals surface area (Å²) in [7, 11) is 3.97. The average Bonchev–Trinajstić information content (AvgIpc) is 2.66. The third-order valence-corrected chi connectivity index (χ3v) is 4.25. The molecule has 0 spiro atoms. The third kappa shape index (κ3) is 4.72. The van der Waals surface area contributed by atoms with E-state index in [0.29, 0.717) is 31.6 Å². The minimum absolute atomic E-state index is 0. The van der Waals surface area contributed by atoms with E-state index in [-0.39, 0.29) is 29.4 Å². The molecule has 2 N–H and O–H groups in total. The largest absolute Gasteiger partial charge is 0.465 e. The number of esters is 2. The molecule has 1 fully saturated rings. The number of ether oxygens (including phenoxy) is 3. The summed E-state index contributed by atoms with van der Waals surface area (Å²) in [4.78, 5) is 36.4. The summed E-state index contributed by atoms with van der Waals surface area (Å²) in [6, 6.07) is 4.24. The molecule has 9 heteroatoms. The van der Waals surface area contributed by atoms with E-state index in [2.05, 4.69) is 20.1 Å². The van der Waals surface area contributed by atoms with Crippen molar-refractivity contribution < 1.29 is 28.6 Å². The fraction of sp³-hybridized carbons (Fsp3) is 0.471. The van der Waals surface area contributed by atoms with Crippen LogP contribution in [-0.2, 0) is 19.0 Å². The van der Waals surface area contributed by atoms with Crippen LogP contribution in [0.3, 0.4) is 0 Å². The first-order valence-electron chi connectivity index (χ1n) is 7.85. The lowest BCUT2D eigenvalue weighted by Gasteiger charge is -2.34. The highest BCUT2D eigenvalue weighted by atomic mass is 35.5. The van der Waals surface area contributed by atoms with Gasteiger partial charge in [-0.1, -0.05) is 0 Å². The normalized spacial score (nSPS) is 15.3. The van der Waals surface area contributed by atoms with Crippen LogP contribution in [0.4, 0.5) is 5.69 Å². The summed E-state index contributed by atoms with van der Waals surface area (Å²) >= 11 is 0. The van der Waals surface area contributed by atoms with Crippen LogP contribution >= 0.6 is 12.4 Å². The molecule has 0 aromatic heterocycles. The molecule has 8 nitrogen and oxygen atoms in total. The Balaban J connectivity index is 0.00000338. The summed E-state index contributed by atoms with van der Waals surface area (Å²) < 4.78 is 14.8. The van der Waals surface area contributed by atoms with Gasteiger partial charge in [0.05, 0.1) is 25.3 Å². The maximum Gasteiger partial charge on any atom is 0.337 e. The maximum absolute atomic E-state index is 12.7. The SMILES string of the molecule is COC(=O)c1cc(NC(=O)C2(OC)CCNCC2)cc(C(=O)OC)c1.Cl. The summed E-state index contributed by atoms with van der Waals surface area (Å²) in [5, 5.41) is 5.91. The lowest BCUT2D eigenvalue weighted by Crippen LogP contribution is -2.51. The molecule has 1 aliphatic rings. The smallest absolute Gasteiger partial charge is 0.337 e. The second-order valence-corrected chi connectivity index (χ2v) is 5.68. The summed E-state index contributed by atoms with van der Waals surface area (Å²) in [6.45, 7) is 1.33. The average molecular weight is 387 g/mol. The van der Waals surface area contributed by atoms with Crippen LogP contribution in [0.25, 0.3) is 0 Å². The Morgan fingerprint density at radius 2 is 1.46 bits per heavy atom. The molecule has 0 atom stereocenters. The van der Waals surface area contributed by atoms with Crippen LogP contribution in [0, 0.1) is 0 Å². The molecule has 2 rings (SSSR count). The Morgan fingerprint density at radius 1 is 0.962 bits per heavy atom. The van der Waals surface area contributed by atoms with Crippen LogP contribution in [0.2, 0.25) is 0 Å². The fourth-order valence-corrected chi connectivity index (χ4v) is 2.77. The molecule has 1 amide bonds. The van der Waals surface area contributed by atoms with Crippen LogP contribution in [0.15, 0.2) is 18.2 Å². The monoisotopic (exact) mass is 386 g/mol. The Labute approximate surface area is 158 Å². The number of methoxy groups -OCH3 is 3. The van der Waals surface area contributed by atoms with Crippen molar-refractivity contribution in [1.29, 1.82) is 0 Å². The second-order valence-electron chi connectivity index (χ2n) is 5.68. The molecule has 1 aromatic carbocycles. The highest BCUT2D eigenvalue weighted by molar-refractivity contribution is 6.01. The van der Waals surface area contributed by atoms with Crippen molar-refractivity contribution >= 4 is 35.9 Å². The molecule has 26 heavy (non-hydrogen) atoms. The number of anilines is 1. The zero-order valence-corrected chi connectivity index (χ0v) is 15.7. The first kappa shape index (κ1) is 21.9. The van der Waals surface area contributed by atoms with Gasteiger partial charge in [-0.3, -0.25) is 4.79 Å². The van der Waals surface area contributed by atoms with Gasteiger partial charge in [0.15, 0.2) is 0 Å². The number of hydrogen-bond donors (Lipinski definition) is 2. The molecule has 0 radical (unpaired) electrons. The molecular formula is C17H23ClN2O6. The van der Waals surface area contributed by atoms with Gasteiger partial charge in [-0.05, 0) is 44.1 Å². The zero-order valence-electron chi connectivity index (χ0n) is 14.9. The fourth-order valence-electron chi connectivity index (χ4n) is 2.77. The molecule has 0 unspecified atom stereocenters. The molecule has 1 saturated heterocycles. The standard InChI is InChI=1S/C17H22N2O6.ClH/c1-23-14(20)11-8-12(15(21)24-2)10-13(9-11)19-16(22)17(25-3)4-6-18-7-5-17;/h8-10,18H,4-7H2,1-3H3,(H,19,22);1H. The molecule has 144 valence electrons. The topological polar surface area (TPSA) is 103 Å². The number of carbonyl (C=O) groups excluding carboxylic acids is 3. The number of rotatable bonds is 5. The second kappa shape index (κ2) is 9.51. The minimum Gasteiger partial charge on any atom is -0.465 e. The van der Waals surface area contributed by atoms with Crippen molar-refractivity contribution in [2.45, 2.75) is 18.4 Å². The van der Waals surface area contributed by atoms with Crippen LogP contribution in [0.1, 0.15) is 33.6 Å². The predicted molar refractivity (Wildman–Crippen MR) is 96.8 cm³/mol. The van der Waals surface area contributed by atoms with Crippen molar-refractivity contribution in [3.8, 4) is 0 Å². The zero-order chi connectivity index (χ0) is 18.4. The predicted octanol–water partition coefficient (Wildman–Crippen LogP) is 1.39. The molecule has 1 aliphatic heterocycles. The highest BCUT2D eigenvalue weighted by Gasteiger charge is 2.39. The number of nitrogens with one attached hydrogen (secondary N) is 2. The Bertz CT molecular complexity index is 639. The van der Waals surface area contributed by atoms with Crippen molar-refractivity contribution in [3.63, 3.8) is 0 Å². The van der Waals surface area contributed by atoms with Gasteiger partial charge in [0.1, 0.15) is 5.60 Å². The molecule has 1 heterocycles. The summed E-state index contributed by atoms with van der Waals surface area (Å²) in [5.41, 5.74) is -0.379. The van der Waals surface area contributed by atoms with E-state index in [4.69, 9.17) is 4.74 Å². The minimum atomic E-state index is -0.946. The number of benzene rings is 1. The van der Waals surface area contributed by atoms with Gasteiger partial charge in [-0.2, -0.15) is 0 Å². The molecule has 0 aliphatic carbocycles. The highest BCUT2D eigenvalue weighted by Crippen LogP contribution is 2.25. The van der Waals surface area contributed by atoms with E-state index in [1.54, 1.807) is 0 Å². The first-order chi connectivity index (χ1) is 12.0. The lowest BCUT2D eigenvalue weighted by atomic mass is 9.91. The number of hydrogen-bond acceptors (Lipinski definition) is 7. The van der Waals surface area contributed by atoms with E-state index >= 15 is 0 Å². The van der Waals surface area contributed by atoms with Crippen molar-refractivity contribution in [3.05, 3.63) is 29.3 Å². The first-order valence-corrected chi connectivity index (χ1v) is 7.85. The van der Waals surface area contributed by atoms with Crippen molar-refractivity contribution in [1.82, 2.24) is 5.32 Å². The van der Waals surface area contributed by atoms with Gasteiger partial charge in [-0.25, -0.2) is 9.59 Å². The summed E-state index contributed by atoms with van der Waals surface area (Å²) in [6.07, 6.45) is 1.05. The molecule has 0 saturated carbocycles. The quantitative estimate of drug-likeness (QED) is 0.737. The van der Waals surface area contributed by atoms with Crippen LogP contribution in [-0.4, -0.2) is 57.9 Å². The van der Waals surface area contributed by atoms with E-state index in [9.17, 15) is 14.4 Å². The summed E-state index contributed by atoms with van der Waals surface area (Å²) in [5.74, 6) is -1.57. The Kier molecular flexibility index (Phi) is 8.01. The van der Waals surface area contributed by atoms with Gasteiger partial charge >= 0.3 is 11.9 Å². The van der Waals surface area contributed by atoms with Crippen molar-refractivity contribution in [2.75, 3.05) is 39.7 Å². The lowest BCUT2D eigenvalue weighted by molar-refractivity contribution is -0.140. The number of halogens is 1.